The molecule has 1 heterocycles. The molecule has 4 heteroatoms. The summed E-state index contributed by atoms with van der Waals surface area (Å²) >= 11 is 0. The molecule has 2 rings (SSSR count). The number of hydrogen-bond donors (Lipinski definition) is 1. The van der Waals surface area contributed by atoms with E-state index in [-0.39, 0.29) is 18.3 Å². The predicted molar refractivity (Wildman–Crippen MR) is 85.8 cm³/mol. The van der Waals surface area contributed by atoms with Crippen molar-refractivity contribution < 1.29 is 4.79 Å². The van der Waals surface area contributed by atoms with Crippen LogP contribution in [0.3, 0.4) is 0 Å². The highest BCUT2D eigenvalue weighted by atomic mass is 35.5. The lowest BCUT2D eigenvalue weighted by molar-refractivity contribution is 0.0707. The highest BCUT2D eigenvalue weighted by Gasteiger charge is 2.24. The van der Waals surface area contributed by atoms with Gasteiger partial charge in [-0.1, -0.05) is 32.0 Å². The Labute approximate surface area is 128 Å². The second-order valence-electron chi connectivity index (χ2n) is 5.66. The number of rotatable bonds is 3. The first-order valence-corrected chi connectivity index (χ1v) is 7.18. The number of piperidine rings is 1. The molecule has 0 aliphatic carbocycles. The van der Waals surface area contributed by atoms with Gasteiger partial charge in [0.15, 0.2) is 0 Å². The largest absolute Gasteiger partial charge is 0.337 e. The fourth-order valence-corrected chi connectivity index (χ4v) is 2.72. The molecular formula is C16H25ClN2O. The average Bonchev–Trinajstić information content (AvgIpc) is 2.46. The Hall–Kier alpha value is -1.06. The molecule has 112 valence electrons. The van der Waals surface area contributed by atoms with Crippen LogP contribution in [0.5, 0.6) is 0 Å². The van der Waals surface area contributed by atoms with Crippen LogP contribution in [0, 0.1) is 0 Å². The zero-order chi connectivity index (χ0) is 13.8. The standard InChI is InChI=1S/C16H24N2O.ClH/c1-12(2)14-8-4-5-9-15(14)16(19)18(3)13-7-6-10-17-11-13;/h4-5,8-9,12-13,17H,6-7,10-11H2,1-3H3;1H/t13-;/m0./s1. The third kappa shape index (κ3) is 3.74. The summed E-state index contributed by atoms with van der Waals surface area (Å²) in [6.07, 6.45) is 2.24. The first-order valence-electron chi connectivity index (χ1n) is 7.18. The zero-order valence-electron chi connectivity index (χ0n) is 12.6. The molecule has 1 atom stereocenters. The van der Waals surface area contributed by atoms with Crippen LogP contribution in [0.4, 0.5) is 0 Å². The number of likely N-dealkylation sites (N-methyl/N-ethyl adjacent to an activating group) is 1. The van der Waals surface area contributed by atoms with E-state index in [9.17, 15) is 4.79 Å². The maximum atomic E-state index is 12.7. The lowest BCUT2D eigenvalue weighted by Crippen LogP contribution is -2.46. The minimum absolute atomic E-state index is 0. The zero-order valence-corrected chi connectivity index (χ0v) is 13.4. The van der Waals surface area contributed by atoms with Gasteiger partial charge in [0.25, 0.3) is 5.91 Å². The van der Waals surface area contributed by atoms with E-state index in [0.29, 0.717) is 12.0 Å². The minimum Gasteiger partial charge on any atom is -0.337 e. The normalized spacial score (nSPS) is 18.5. The van der Waals surface area contributed by atoms with Gasteiger partial charge < -0.3 is 10.2 Å². The Morgan fingerprint density at radius 1 is 1.35 bits per heavy atom. The minimum atomic E-state index is 0. The molecule has 1 fully saturated rings. The van der Waals surface area contributed by atoms with Crippen LogP contribution in [-0.4, -0.2) is 37.0 Å². The van der Waals surface area contributed by atoms with Crippen LogP contribution in [-0.2, 0) is 0 Å². The molecule has 1 N–H and O–H groups in total. The highest BCUT2D eigenvalue weighted by molar-refractivity contribution is 5.96. The molecule has 0 spiro atoms. The number of carbonyl (C=O) groups excluding carboxylic acids is 1. The second kappa shape index (κ2) is 7.65. The molecule has 0 bridgehead atoms. The number of hydrogen-bond acceptors (Lipinski definition) is 2. The Balaban J connectivity index is 0.00000200. The van der Waals surface area contributed by atoms with E-state index in [1.165, 1.54) is 0 Å². The van der Waals surface area contributed by atoms with Crippen LogP contribution in [0.2, 0.25) is 0 Å². The molecule has 0 unspecified atom stereocenters. The summed E-state index contributed by atoms with van der Waals surface area (Å²) in [5, 5.41) is 3.37. The van der Waals surface area contributed by atoms with Crippen molar-refractivity contribution in [2.45, 2.75) is 38.6 Å². The topological polar surface area (TPSA) is 32.3 Å². The molecule has 1 aromatic rings. The second-order valence-corrected chi connectivity index (χ2v) is 5.66. The van der Waals surface area contributed by atoms with Crippen LogP contribution in [0.15, 0.2) is 24.3 Å². The van der Waals surface area contributed by atoms with Gasteiger partial charge in [0.05, 0.1) is 0 Å². The Bertz CT molecular complexity index is 442. The van der Waals surface area contributed by atoms with Crippen LogP contribution >= 0.6 is 12.4 Å². The van der Waals surface area contributed by atoms with E-state index < -0.39 is 0 Å². The number of nitrogens with zero attached hydrogens (tertiary/aromatic N) is 1. The number of amides is 1. The summed E-state index contributed by atoms with van der Waals surface area (Å²) in [5.74, 6) is 0.524. The van der Waals surface area contributed by atoms with Crippen molar-refractivity contribution in [1.82, 2.24) is 10.2 Å². The molecule has 0 aromatic heterocycles. The molecule has 1 aromatic carbocycles. The van der Waals surface area contributed by atoms with E-state index in [4.69, 9.17) is 0 Å². The predicted octanol–water partition coefficient (Wildman–Crippen LogP) is 3.06. The Kier molecular flexibility index (Phi) is 6.50. The van der Waals surface area contributed by atoms with Gasteiger partial charge in [0.1, 0.15) is 0 Å². The van der Waals surface area contributed by atoms with Crippen LogP contribution < -0.4 is 5.32 Å². The van der Waals surface area contributed by atoms with Gasteiger partial charge in [0.2, 0.25) is 0 Å². The van der Waals surface area contributed by atoms with Gasteiger partial charge in [0, 0.05) is 25.2 Å². The highest BCUT2D eigenvalue weighted by Crippen LogP contribution is 2.21. The fraction of sp³-hybridized carbons (Fsp3) is 0.562. The molecule has 1 aliphatic rings. The molecule has 20 heavy (non-hydrogen) atoms. The summed E-state index contributed by atoms with van der Waals surface area (Å²) in [4.78, 5) is 14.6. The average molecular weight is 297 g/mol. The lowest BCUT2D eigenvalue weighted by atomic mass is 9.95. The molecule has 0 radical (unpaired) electrons. The number of carbonyl (C=O) groups is 1. The molecule has 3 nitrogen and oxygen atoms in total. The number of benzene rings is 1. The summed E-state index contributed by atoms with van der Waals surface area (Å²) in [6, 6.07) is 8.29. The monoisotopic (exact) mass is 296 g/mol. The maximum Gasteiger partial charge on any atom is 0.254 e. The third-order valence-electron chi connectivity index (χ3n) is 3.95. The van der Waals surface area contributed by atoms with Crippen LogP contribution in [0.25, 0.3) is 0 Å². The summed E-state index contributed by atoms with van der Waals surface area (Å²) < 4.78 is 0. The Morgan fingerprint density at radius 2 is 2.05 bits per heavy atom. The van der Waals surface area contributed by atoms with E-state index in [2.05, 4.69) is 25.2 Å². The van der Waals surface area contributed by atoms with E-state index >= 15 is 0 Å². The van der Waals surface area contributed by atoms with Crippen molar-refractivity contribution in [3.05, 3.63) is 35.4 Å². The van der Waals surface area contributed by atoms with Gasteiger partial charge in [-0.15, -0.1) is 12.4 Å². The van der Waals surface area contributed by atoms with Gasteiger partial charge in [-0.3, -0.25) is 4.79 Å². The fourth-order valence-electron chi connectivity index (χ4n) is 2.72. The SMILES string of the molecule is CC(C)c1ccccc1C(=O)N(C)[C@H]1CCCNC1.Cl. The molecule has 0 saturated carbocycles. The molecule has 1 saturated heterocycles. The first-order chi connectivity index (χ1) is 9.11. The summed E-state index contributed by atoms with van der Waals surface area (Å²) in [5.41, 5.74) is 1.99. The number of halogens is 1. The van der Waals surface area contributed by atoms with Crippen molar-refractivity contribution in [1.29, 1.82) is 0 Å². The lowest BCUT2D eigenvalue weighted by Gasteiger charge is -2.32. The summed E-state index contributed by atoms with van der Waals surface area (Å²) in [6.45, 7) is 6.25. The van der Waals surface area contributed by atoms with Crippen molar-refractivity contribution in [3.63, 3.8) is 0 Å². The third-order valence-corrected chi connectivity index (χ3v) is 3.95. The van der Waals surface area contributed by atoms with E-state index in [1.54, 1.807) is 0 Å². The Morgan fingerprint density at radius 3 is 2.65 bits per heavy atom. The van der Waals surface area contributed by atoms with Crippen molar-refractivity contribution >= 4 is 18.3 Å². The quantitative estimate of drug-likeness (QED) is 0.930. The van der Waals surface area contributed by atoms with Gasteiger partial charge >= 0.3 is 0 Å². The van der Waals surface area contributed by atoms with Crippen molar-refractivity contribution in [2.75, 3.05) is 20.1 Å². The smallest absolute Gasteiger partial charge is 0.254 e. The van der Waals surface area contributed by atoms with E-state index in [1.807, 2.05) is 30.1 Å². The van der Waals surface area contributed by atoms with Gasteiger partial charge in [-0.2, -0.15) is 0 Å². The molecule has 1 amide bonds. The van der Waals surface area contributed by atoms with Crippen LogP contribution in [0.1, 0.15) is 48.5 Å². The van der Waals surface area contributed by atoms with Crippen molar-refractivity contribution in [3.8, 4) is 0 Å². The first kappa shape index (κ1) is 17.0. The van der Waals surface area contributed by atoms with Crippen molar-refractivity contribution in [2.24, 2.45) is 0 Å². The van der Waals surface area contributed by atoms with E-state index in [0.717, 1.165) is 37.1 Å². The maximum absolute atomic E-state index is 12.7. The molecular weight excluding hydrogens is 272 g/mol. The summed E-state index contributed by atoms with van der Waals surface area (Å²) in [7, 11) is 1.93. The number of nitrogens with one attached hydrogen (secondary N) is 1. The van der Waals surface area contributed by atoms with Gasteiger partial charge in [-0.25, -0.2) is 0 Å². The van der Waals surface area contributed by atoms with Gasteiger partial charge in [-0.05, 0) is 36.9 Å². The molecule has 1 aliphatic heterocycles.